The molecule has 1 aliphatic carbocycles. The Bertz CT molecular complexity index is 435. The number of guanidine groups is 1. The van der Waals surface area contributed by atoms with Crippen LogP contribution in [0.25, 0.3) is 0 Å². The van der Waals surface area contributed by atoms with E-state index in [-0.39, 0.29) is 11.9 Å². The molecule has 1 heterocycles. The molecule has 1 saturated carbocycles. The molecular weight excluding hydrogens is 302 g/mol. The molecule has 24 heavy (non-hydrogen) atoms. The minimum Gasteiger partial charge on any atom is -0.356 e. The lowest BCUT2D eigenvalue weighted by Crippen LogP contribution is -2.55. The normalized spacial score (nSPS) is 22.0. The first kappa shape index (κ1) is 19.0. The van der Waals surface area contributed by atoms with Crippen molar-refractivity contribution in [2.75, 3.05) is 46.3 Å². The van der Waals surface area contributed by atoms with Gasteiger partial charge in [0.2, 0.25) is 5.91 Å². The molecule has 0 aromatic heterocycles. The number of nitrogens with zero attached hydrogens (tertiary/aromatic N) is 3. The van der Waals surface area contributed by atoms with Gasteiger partial charge < -0.3 is 15.5 Å². The second-order valence-corrected chi connectivity index (χ2v) is 7.90. The third-order valence-corrected chi connectivity index (χ3v) is 5.18. The van der Waals surface area contributed by atoms with Crippen LogP contribution in [0.5, 0.6) is 0 Å². The Kier molecular flexibility index (Phi) is 6.90. The fourth-order valence-corrected chi connectivity index (χ4v) is 3.72. The summed E-state index contributed by atoms with van der Waals surface area (Å²) in [6, 6.07) is 0.207. The Labute approximate surface area is 147 Å². The fourth-order valence-electron chi connectivity index (χ4n) is 3.72. The zero-order valence-electron chi connectivity index (χ0n) is 15.9. The van der Waals surface area contributed by atoms with E-state index in [1.54, 1.807) is 0 Å². The van der Waals surface area contributed by atoms with Gasteiger partial charge >= 0.3 is 0 Å². The maximum Gasteiger partial charge on any atom is 0.234 e. The Balaban J connectivity index is 1.74. The van der Waals surface area contributed by atoms with Crippen molar-refractivity contribution >= 4 is 11.9 Å². The smallest absolute Gasteiger partial charge is 0.234 e. The van der Waals surface area contributed by atoms with E-state index in [0.29, 0.717) is 12.0 Å². The molecule has 0 unspecified atom stereocenters. The largest absolute Gasteiger partial charge is 0.356 e. The van der Waals surface area contributed by atoms with Crippen molar-refractivity contribution in [1.29, 1.82) is 0 Å². The lowest BCUT2D eigenvalue weighted by Gasteiger charge is -2.37. The highest BCUT2D eigenvalue weighted by atomic mass is 16.2. The molecule has 1 amide bonds. The summed E-state index contributed by atoms with van der Waals surface area (Å²) >= 11 is 0. The van der Waals surface area contributed by atoms with Gasteiger partial charge in [-0.3, -0.25) is 14.7 Å². The van der Waals surface area contributed by atoms with Crippen molar-refractivity contribution in [3.8, 4) is 0 Å². The highest BCUT2D eigenvalue weighted by Gasteiger charge is 2.29. The predicted molar refractivity (Wildman–Crippen MR) is 99.2 cm³/mol. The minimum atomic E-state index is 0.120. The number of nitrogens with one attached hydrogen (secondary N) is 2. The fraction of sp³-hybridized carbons (Fsp3) is 0.889. The van der Waals surface area contributed by atoms with Crippen LogP contribution in [0, 0.1) is 5.41 Å². The topological polar surface area (TPSA) is 60.0 Å². The molecule has 0 aromatic carbocycles. The van der Waals surface area contributed by atoms with Gasteiger partial charge in [0, 0.05) is 45.8 Å². The maximum absolute atomic E-state index is 11.9. The van der Waals surface area contributed by atoms with E-state index in [0.717, 1.165) is 38.7 Å². The minimum absolute atomic E-state index is 0.120. The zero-order valence-corrected chi connectivity index (χ0v) is 15.9. The van der Waals surface area contributed by atoms with Gasteiger partial charge in [-0.2, -0.15) is 0 Å². The van der Waals surface area contributed by atoms with Crippen molar-refractivity contribution < 1.29 is 4.79 Å². The van der Waals surface area contributed by atoms with Crippen LogP contribution in [0.15, 0.2) is 4.99 Å². The average molecular weight is 338 g/mol. The van der Waals surface area contributed by atoms with Gasteiger partial charge in [-0.15, -0.1) is 0 Å². The van der Waals surface area contributed by atoms with Gasteiger partial charge in [0.25, 0.3) is 0 Å². The predicted octanol–water partition coefficient (Wildman–Crippen LogP) is 1.28. The van der Waals surface area contributed by atoms with Crippen molar-refractivity contribution in [1.82, 2.24) is 20.4 Å². The number of carbonyl (C=O) groups excluding carboxylic acids is 1. The molecule has 2 fully saturated rings. The van der Waals surface area contributed by atoms with E-state index >= 15 is 0 Å². The van der Waals surface area contributed by atoms with Crippen LogP contribution in [0.3, 0.4) is 0 Å². The van der Waals surface area contributed by atoms with Crippen molar-refractivity contribution in [3.63, 3.8) is 0 Å². The number of piperazine rings is 1. The summed E-state index contributed by atoms with van der Waals surface area (Å²) in [7, 11) is 1.86. The van der Waals surface area contributed by atoms with Crippen molar-refractivity contribution in [2.45, 2.75) is 52.5 Å². The van der Waals surface area contributed by atoms with Crippen LogP contribution in [-0.4, -0.2) is 74.0 Å². The van der Waals surface area contributed by atoms with Gasteiger partial charge in [0.05, 0.1) is 6.54 Å². The highest BCUT2D eigenvalue weighted by Crippen LogP contribution is 2.36. The molecule has 1 saturated heterocycles. The number of hydrogen-bond donors (Lipinski definition) is 2. The van der Waals surface area contributed by atoms with E-state index in [4.69, 9.17) is 0 Å². The Morgan fingerprint density at radius 1 is 1.17 bits per heavy atom. The summed E-state index contributed by atoms with van der Waals surface area (Å²) < 4.78 is 0. The molecule has 0 atom stereocenters. The van der Waals surface area contributed by atoms with Crippen LogP contribution < -0.4 is 10.6 Å². The summed E-state index contributed by atoms with van der Waals surface area (Å²) in [5.41, 5.74) is 0.423. The van der Waals surface area contributed by atoms with Gasteiger partial charge in [-0.25, -0.2) is 0 Å². The van der Waals surface area contributed by atoms with Gasteiger partial charge in [0.1, 0.15) is 0 Å². The van der Waals surface area contributed by atoms with Gasteiger partial charge in [-0.05, 0) is 32.1 Å². The van der Waals surface area contributed by atoms with E-state index in [2.05, 4.69) is 32.3 Å². The van der Waals surface area contributed by atoms with Crippen LogP contribution in [-0.2, 0) is 4.79 Å². The molecule has 1 aliphatic heterocycles. The van der Waals surface area contributed by atoms with Crippen molar-refractivity contribution in [2.24, 2.45) is 10.4 Å². The van der Waals surface area contributed by atoms with Crippen LogP contribution in [0.2, 0.25) is 0 Å². The Morgan fingerprint density at radius 2 is 1.79 bits per heavy atom. The molecule has 6 heteroatoms. The number of aliphatic imine (C=N–C) groups is 1. The molecule has 2 rings (SSSR count). The first-order valence-corrected chi connectivity index (χ1v) is 9.39. The van der Waals surface area contributed by atoms with E-state index < -0.39 is 0 Å². The number of hydrogen-bond acceptors (Lipinski definition) is 3. The number of carbonyl (C=O) groups is 1. The summed E-state index contributed by atoms with van der Waals surface area (Å²) in [5.74, 6) is 1.13. The van der Waals surface area contributed by atoms with Crippen molar-refractivity contribution in [3.05, 3.63) is 0 Å². The maximum atomic E-state index is 11.9. The molecule has 0 radical (unpaired) electrons. The SMILES string of the molecule is CN=C(NCC1(C)CCCC1)N1CCN(CC(=O)NC(C)C)CC1. The van der Waals surface area contributed by atoms with E-state index in [9.17, 15) is 4.79 Å². The Morgan fingerprint density at radius 3 is 2.33 bits per heavy atom. The van der Waals surface area contributed by atoms with Gasteiger partial charge in [-0.1, -0.05) is 19.8 Å². The standard InChI is InChI=1S/C18H35N5O/c1-15(2)21-16(24)13-22-9-11-23(12-10-22)17(19-4)20-14-18(3)7-5-6-8-18/h15H,5-14H2,1-4H3,(H,19,20)(H,21,24). The van der Waals surface area contributed by atoms with Gasteiger partial charge in [0.15, 0.2) is 5.96 Å². The zero-order chi connectivity index (χ0) is 17.6. The first-order valence-electron chi connectivity index (χ1n) is 9.39. The second kappa shape index (κ2) is 8.70. The van der Waals surface area contributed by atoms with Crippen LogP contribution in [0.4, 0.5) is 0 Å². The summed E-state index contributed by atoms with van der Waals surface area (Å²) in [6.07, 6.45) is 5.34. The quantitative estimate of drug-likeness (QED) is 0.586. The molecule has 0 bridgehead atoms. The molecule has 2 N–H and O–H groups in total. The molecule has 0 spiro atoms. The molecular formula is C18H35N5O. The summed E-state index contributed by atoms with van der Waals surface area (Å²) in [4.78, 5) is 20.9. The first-order chi connectivity index (χ1) is 11.4. The van der Waals surface area contributed by atoms with E-state index in [1.165, 1.54) is 25.7 Å². The Hall–Kier alpha value is -1.30. The average Bonchev–Trinajstić information content (AvgIpc) is 2.95. The molecule has 138 valence electrons. The summed E-state index contributed by atoms with van der Waals surface area (Å²) in [6.45, 7) is 11.5. The third kappa shape index (κ3) is 5.65. The van der Waals surface area contributed by atoms with Crippen LogP contribution >= 0.6 is 0 Å². The summed E-state index contributed by atoms with van der Waals surface area (Å²) in [5, 5.41) is 6.54. The highest BCUT2D eigenvalue weighted by molar-refractivity contribution is 5.80. The second-order valence-electron chi connectivity index (χ2n) is 7.90. The lowest BCUT2D eigenvalue weighted by molar-refractivity contribution is -0.123. The van der Waals surface area contributed by atoms with E-state index in [1.807, 2.05) is 20.9 Å². The molecule has 0 aromatic rings. The number of rotatable bonds is 5. The third-order valence-electron chi connectivity index (χ3n) is 5.18. The monoisotopic (exact) mass is 337 g/mol. The lowest BCUT2D eigenvalue weighted by atomic mass is 9.89. The molecule has 6 nitrogen and oxygen atoms in total. The van der Waals surface area contributed by atoms with Crippen LogP contribution in [0.1, 0.15) is 46.5 Å². The number of amides is 1. The molecule has 2 aliphatic rings.